The van der Waals surface area contributed by atoms with Crippen LogP contribution in [-0.2, 0) is 6.42 Å². The lowest BCUT2D eigenvalue weighted by molar-refractivity contribution is 0.0734. The number of carbonyl (C=O) groups is 1. The van der Waals surface area contributed by atoms with Gasteiger partial charge in [0, 0.05) is 0 Å². The molecule has 0 N–H and O–H groups in total. The van der Waals surface area contributed by atoms with Crippen LogP contribution in [0.4, 0.5) is 0 Å². The number of hydrogen-bond acceptors (Lipinski definition) is 2. The predicted octanol–water partition coefficient (Wildman–Crippen LogP) is 7.62. The third kappa shape index (κ3) is 6.32. The summed E-state index contributed by atoms with van der Waals surface area (Å²) in [5, 5.41) is 0. The van der Waals surface area contributed by atoms with E-state index in [1.54, 1.807) is 0 Å². The molecule has 0 saturated heterocycles. The van der Waals surface area contributed by atoms with Crippen molar-refractivity contribution < 1.29 is 9.53 Å². The van der Waals surface area contributed by atoms with E-state index in [-0.39, 0.29) is 5.97 Å². The van der Waals surface area contributed by atoms with Crippen molar-refractivity contribution in [2.75, 3.05) is 0 Å². The van der Waals surface area contributed by atoms with Crippen LogP contribution in [0.3, 0.4) is 0 Å². The van der Waals surface area contributed by atoms with E-state index in [4.69, 9.17) is 4.74 Å². The fourth-order valence-corrected chi connectivity index (χ4v) is 4.00. The Morgan fingerprint density at radius 2 is 1.69 bits per heavy atom. The highest BCUT2D eigenvalue weighted by Crippen LogP contribution is 2.32. The van der Waals surface area contributed by atoms with Gasteiger partial charge in [-0.3, -0.25) is 0 Å². The summed E-state index contributed by atoms with van der Waals surface area (Å²) in [7, 11) is 0. The van der Waals surface area contributed by atoms with E-state index in [9.17, 15) is 4.79 Å². The number of allylic oxidation sites excluding steroid dienone is 2. The molecule has 29 heavy (non-hydrogen) atoms. The summed E-state index contributed by atoms with van der Waals surface area (Å²) >= 11 is 0. The molecule has 3 rings (SSSR count). The van der Waals surface area contributed by atoms with Crippen molar-refractivity contribution in [3.05, 3.63) is 71.3 Å². The maximum atomic E-state index is 12.5. The maximum absolute atomic E-state index is 12.5. The van der Waals surface area contributed by atoms with Crippen molar-refractivity contribution in [1.82, 2.24) is 0 Å². The topological polar surface area (TPSA) is 26.3 Å². The van der Waals surface area contributed by atoms with Gasteiger partial charge in [-0.1, -0.05) is 69.9 Å². The van der Waals surface area contributed by atoms with Gasteiger partial charge in [0.15, 0.2) is 0 Å². The molecular formula is C27H34O2. The fraction of sp³-hybridized carbons (Fsp3) is 0.444. The molecule has 0 spiro atoms. The van der Waals surface area contributed by atoms with Gasteiger partial charge in [-0.25, -0.2) is 4.79 Å². The molecule has 0 aliphatic heterocycles. The first kappa shape index (κ1) is 21.4. The minimum absolute atomic E-state index is 0.296. The molecule has 1 aliphatic rings. The second-order valence-electron chi connectivity index (χ2n) is 8.23. The Labute approximate surface area is 176 Å². The highest BCUT2D eigenvalue weighted by molar-refractivity contribution is 5.91. The zero-order valence-electron chi connectivity index (χ0n) is 18.0. The summed E-state index contributed by atoms with van der Waals surface area (Å²) in [6.45, 7) is 4.45. The summed E-state index contributed by atoms with van der Waals surface area (Å²) in [5.41, 5.74) is 4.53. The molecular weight excluding hydrogens is 356 g/mol. The Hall–Kier alpha value is -2.35. The first-order valence-electron chi connectivity index (χ1n) is 11.3. The van der Waals surface area contributed by atoms with Crippen molar-refractivity contribution in [2.45, 2.75) is 71.6 Å². The van der Waals surface area contributed by atoms with Crippen molar-refractivity contribution in [2.24, 2.45) is 5.92 Å². The van der Waals surface area contributed by atoms with Gasteiger partial charge in [-0.05, 0) is 79.0 Å². The van der Waals surface area contributed by atoms with Crippen molar-refractivity contribution in [3.8, 4) is 5.75 Å². The van der Waals surface area contributed by atoms with Crippen molar-refractivity contribution in [1.29, 1.82) is 0 Å². The van der Waals surface area contributed by atoms with Crippen molar-refractivity contribution >= 4 is 11.5 Å². The zero-order valence-corrected chi connectivity index (χ0v) is 18.0. The molecule has 0 bridgehead atoms. The maximum Gasteiger partial charge on any atom is 0.343 e. The van der Waals surface area contributed by atoms with E-state index in [1.807, 2.05) is 36.4 Å². The third-order valence-electron chi connectivity index (χ3n) is 5.93. The first-order chi connectivity index (χ1) is 14.2. The second-order valence-corrected chi connectivity index (χ2v) is 8.23. The number of ether oxygens (including phenoxy) is 1. The Bertz CT molecular complexity index is 799. The average molecular weight is 391 g/mol. The van der Waals surface area contributed by atoms with Crippen LogP contribution >= 0.6 is 0 Å². The summed E-state index contributed by atoms with van der Waals surface area (Å²) in [6.07, 6.45) is 13.4. The van der Waals surface area contributed by atoms with Crippen LogP contribution < -0.4 is 4.74 Å². The van der Waals surface area contributed by atoms with Gasteiger partial charge >= 0.3 is 5.97 Å². The number of carbonyl (C=O) groups excluding carboxylic acids is 1. The molecule has 0 heterocycles. The van der Waals surface area contributed by atoms with Gasteiger partial charge in [-0.2, -0.15) is 0 Å². The summed E-state index contributed by atoms with van der Waals surface area (Å²) in [4.78, 5) is 12.5. The highest BCUT2D eigenvalue weighted by atomic mass is 16.5. The summed E-state index contributed by atoms with van der Waals surface area (Å²) in [5.74, 6) is 1.16. The van der Waals surface area contributed by atoms with E-state index >= 15 is 0 Å². The molecule has 2 aromatic carbocycles. The number of hydrogen-bond donors (Lipinski definition) is 0. The Morgan fingerprint density at radius 1 is 0.966 bits per heavy atom. The van der Waals surface area contributed by atoms with Crippen LogP contribution in [0.2, 0.25) is 0 Å². The van der Waals surface area contributed by atoms with Crippen LogP contribution in [0.15, 0.2) is 54.6 Å². The van der Waals surface area contributed by atoms with E-state index in [2.05, 4.69) is 32.1 Å². The van der Waals surface area contributed by atoms with E-state index < -0.39 is 0 Å². The van der Waals surface area contributed by atoms with Crippen LogP contribution in [0, 0.1) is 5.92 Å². The second kappa shape index (κ2) is 11.0. The van der Waals surface area contributed by atoms with Gasteiger partial charge in [0.2, 0.25) is 0 Å². The van der Waals surface area contributed by atoms with Gasteiger partial charge in [0.25, 0.3) is 0 Å². The average Bonchev–Trinajstić information content (AvgIpc) is 2.77. The number of esters is 1. The van der Waals surface area contributed by atoms with Crippen LogP contribution in [-0.4, -0.2) is 5.97 Å². The SMILES string of the molecule is CCCCc1ccc(OC(=O)c2ccc(C3=CCC(CCCC)CC3)cc2)cc1. The first-order valence-corrected chi connectivity index (χ1v) is 11.3. The summed E-state index contributed by atoms with van der Waals surface area (Å²) in [6, 6.07) is 15.8. The molecule has 0 amide bonds. The summed E-state index contributed by atoms with van der Waals surface area (Å²) < 4.78 is 5.54. The number of benzene rings is 2. The normalized spacial score (nSPS) is 16.3. The van der Waals surface area contributed by atoms with E-state index in [0.717, 1.165) is 18.8 Å². The fourth-order valence-electron chi connectivity index (χ4n) is 4.00. The molecule has 1 unspecified atom stereocenters. The largest absolute Gasteiger partial charge is 0.423 e. The Kier molecular flexibility index (Phi) is 8.10. The molecule has 0 aromatic heterocycles. The molecule has 1 aliphatic carbocycles. The molecule has 0 saturated carbocycles. The van der Waals surface area contributed by atoms with Crippen LogP contribution in [0.25, 0.3) is 5.57 Å². The van der Waals surface area contributed by atoms with E-state index in [1.165, 1.54) is 61.6 Å². The lowest BCUT2D eigenvalue weighted by Crippen LogP contribution is -2.09. The van der Waals surface area contributed by atoms with Crippen molar-refractivity contribution in [3.63, 3.8) is 0 Å². The molecule has 2 heteroatoms. The molecule has 1 atom stereocenters. The molecule has 0 radical (unpaired) electrons. The van der Waals surface area contributed by atoms with Gasteiger partial charge < -0.3 is 4.74 Å². The minimum Gasteiger partial charge on any atom is -0.423 e. The van der Waals surface area contributed by atoms with Crippen LogP contribution in [0.5, 0.6) is 5.75 Å². The van der Waals surface area contributed by atoms with Gasteiger partial charge in [0.1, 0.15) is 5.75 Å². The lowest BCUT2D eigenvalue weighted by Gasteiger charge is -2.22. The smallest absolute Gasteiger partial charge is 0.343 e. The third-order valence-corrected chi connectivity index (χ3v) is 5.93. The quantitative estimate of drug-likeness (QED) is 0.325. The lowest BCUT2D eigenvalue weighted by atomic mass is 9.84. The number of unbranched alkanes of at least 4 members (excludes halogenated alkanes) is 2. The van der Waals surface area contributed by atoms with E-state index in [0.29, 0.717) is 11.3 Å². The Balaban J connectivity index is 1.55. The zero-order chi connectivity index (χ0) is 20.5. The standard InChI is InChI=1S/C27H34O2/c1-3-5-7-21-9-13-23(14-10-21)24-15-17-25(18-16-24)27(28)29-26-19-11-22(12-20-26)8-6-4-2/h11-13,15-21H,3-10,14H2,1-2H3. The molecule has 2 aromatic rings. The molecule has 0 fully saturated rings. The Morgan fingerprint density at radius 3 is 2.31 bits per heavy atom. The monoisotopic (exact) mass is 390 g/mol. The highest BCUT2D eigenvalue weighted by Gasteiger charge is 2.16. The minimum atomic E-state index is -0.296. The number of aryl methyl sites for hydroxylation is 1. The predicted molar refractivity (Wildman–Crippen MR) is 121 cm³/mol. The molecule has 2 nitrogen and oxygen atoms in total. The van der Waals surface area contributed by atoms with Crippen LogP contribution in [0.1, 0.15) is 86.7 Å². The molecule has 154 valence electrons. The van der Waals surface area contributed by atoms with Gasteiger partial charge in [0.05, 0.1) is 5.56 Å². The number of rotatable bonds is 9. The van der Waals surface area contributed by atoms with Gasteiger partial charge in [-0.15, -0.1) is 0 Å².